The zero-order chi connectivity index (χ0) is 17.9. The van der Waals surface area contributed by atoms with Crippen LogP contribution in [0.4, 0.5) is 5.69 Å². The fraction of sp³-hybridized carbons (Fsp3) is 0.316. The molecule has 2 atom stereocenters. The van der Waals surface area contributed by atoms with Gasteiger partial charge in [-0.25, -0.2) is 4.79 Å². The largest absolute Gasteiger partial charge is 0.467 e. The Labute approximate surface area is 147 Å². The Morgan fingerprint density at radius 3 is 2.29 bits per heavy atom. The van der Waals surface area contributed by atoms with E-state index in [4.69, 9.17) is 10.5 Å². The van der Waals surface area contributed by atoms with E-state index < -0.39 is 17.3 Å². The molecule has 0 heterocycles. The van der Waals surface area contributed by atoms with E-state index in [2.05, 4.69) is 0 Å². The molecule has 2 rings (SSSR count). The van der Waals surface area contributed by atoms with Crippen LogP contribution in [0.1, 0.15) is 27.5 Å². The number of carbonyl (C=O) groups is 1. The summed E-state index contributed by atoms with van der Waals surface area (Å²) < 4.78 is 4.72. The van der Waals surface area contributed by atoms with Crippen LogP contribution in [0.2, 0.25) is 0 Å². The molecule has 5 heteroatoms. The Morgan fingerprint density at radius 1 is 1.12 bits per heavy atom. The molecule has 0 unspecified atom stereocenters. The van der Waals surface area contributed by atoms with Crippen LogP contribution in [0.5, 0.6) is 0 Å². The van der Waals surface area contributed by atoms with Gasteiger partial charge in [0.15, 0.2) is 6.10 Å². The summed E-state index contributed by atoms with van der Waals surface area (Å²) in [5.74, 6) is -0.657. The molecule has 0 amide bonds. The van der Waals surface area contributed by atoms with Crippen molar-refractivity contribution in [2.24, 2.45) is 0 Å². The number of carbonyl (C=O) groups excluding carboxylic acids is 1. The van der Waals surface area contributed by atoms with Gasteiger partial charge < -0.3 is 15.6 Å². The van der Waals surface area contributed by atoms with Gasteiger partial charge in [0.1, 0.15) is 0 Å². The van der Waals surface area contributed by atoms with Crippen molar-refractivity contribution in [1.29, 1.82) is 0 Å². The van der Waals surface area contributed by atoms with Gasteiger partial charge in [0.05, 0.1) is 12.4 Å². The van der Waals surface area contributed by atoms with Crippen LogP contribution in [0.25, 0.3) is 0 Å². The van der Waals surface area contributed by atoms with Crippen LogP contribution in [0.15, 0.2) is 41.3 Å². The first-order valence-corrected chi connectivity index (χ1v) is 8.57. The number of methoxy groups -OCH3 is 1. The minimum Gasteiger partial charge on any atom is -0.467 e. The van der Waals surface area contributed by atoms with Crippen molar-refractivity contribution in [3.8, 4) is 0 Å². The molecule has 128 valence electrons. The molecular weight excluding hydrogens is 322 g/mol. The fourth-order valence-electron chi connectivity index (χ4n) is 2.37. The first kappa shape index (κ1) is 18.4. The van der Waals surface area contributed by atoms with Crippen molar-refractivity contribution in [2.75, 3.05) is 12.8 Å². The Morgan fingerprint density at radius 2 is 1.71 bits per heavy atom. The van der Waals surface area contributed by atoms with Crippen LogP contribution in [0, 0.1) is 20.8 Å². The summed E-state index contributed by atoms with van der Waals surface area (Å²) in [6, 6.07) is 11.6. The number of aliphatic hydroxyl groups excluding tert-OH is 1. The SMILES string of the molecule is COC(=O)[C@@H](O)[C@H](Sc1cc(C)c(C)cc1N)c1ccc(C)cc1. The average molecular weight is 345 g/mol. The molecule has 0 aliphatic rings. The van der Waals surface area contributed by atoms with E-state index in [0.717, 1.165) is 27.1 Å². The predicted molar refractivity (Wildman–Crippen MR) is 98.1 cm³/mol. The molecule has 4 nitrogen and oxygen atoms in total. The third-order valence-corrected chi connectivity index (χ3v) is 5.41. The number of benzene rings is 2. The quantitative estimate of drug-likeness (QED) is 0.492. The number of nitrogen functional groups attached to an aromatic ring is 1. The molecule has 0 aliphatic heterocycles. The second-order valence-electron chi connectivity index (χ2n) is 5.89. The lowest BCUT2D eigenvalue weighted by Gasteiger charge is -2.22. The Kier molecular flexibility index (Phi) is 5.91. The minimum absolute atomic E-state index is 0.498. The number of nitrogens with two attached hydrogens (primary N) is 1. The number of aliphatic hydroxyl groups is 1. The molecular formula is C19H23NO3S. The Balaban J connectivity index is 2.41. The van der Waals surface area contributed by atoms with Crippen molar-refractivity contribution in [3.63, 3.8) is 0 Å². The third kappa shape index (κ3) is 4.10. The van der Waals surface area contributed by atoms with Gasteiger partial charge in [-0.2, -0.15) is 0 Å². The first-order valence-electron chi connectivity index (χ1n) is 7.69. The van der Waals surface area contributed by atoms with Crippen molar-refractivity contribution >= 4 is 23.4 Å². The predicted octanol–water partition coefficient (Wildman–Crippen LogP) is 3.56. The normalized spacial score (nSPS) is 13.4. The summed E-state index contributed by atoms with van der Waals surface area (Å²) >= 11 is 1.37. The van der Waals surface area contributed by atoms with E-state index in [1.807, 2.05) is 57.2 Å². The summed E-state index contributed by atoms with van der Waals surface area (Å²) in [6.45, 7) is 6.00. The molecule has 0 saturated carbocycles. The molecule has 0 spiro atoms. The van der Waals surface area contributed by atoms with Crippen molar-refractivity contribution in [1.82, 2.24) is 0 Å². The van der Waals surface area contributed by atoms with Crippen molar-refractivity contribution in [3.05, 3.63) is 58.7 Å². The maximum Gasteiger partial charge on any atom is 0.336 e. The molecule has 0 aromatic heterocycles. The lowest BCUT2D eigenvalue weighted by atomic mass is 10.1. The highest BCUT2D eigenvalue weighted by Gasteiger charge is 2.30. The Hall–Kier alpha value is -1.98. The van der Waals surface area contributed by atoms with Gasteiger partial charge in [-0.05, 0) is 49.6 Å². The van der Waals surface area contributed by atoms with Crippen LogP contribution >= 0.6 is 11.8 Å². The molecule has 24 heavy (non-hydrogen) atoms. The van der Waals surface area contributed by atoms with Crippen LogP contribution < -0.4 is 5.73 Å². The maximum atomic E-state index is 11.9. The number of esters is 1. The number of thioether (sulfide) groups is 1. The fourth-order valence-corrected chi connectivity index (χ4v) is 3.61. The zero-order valence-electron chi connectivity index (χ0n) is 14.4. The molecule has 0 bridgehead atoms. The highest BCUT2D eigenvalue weighted by Crippen LogP contribution is 2.41. The van der Waals surface area contributed by atoms with Crippen molar-refractivity contribution < 1.29 is 14.6 Å². The molecule has 0 saturated heterocycles. The van der Waals surface area contributed by atoms with Crippen molar-refractivity contribution in [2.45, 2.75) is 37.0 Å². The smallest absolute Gasteiger partial charge is 0.336 e. The molecule has 0 radical (unpaired) electrons. The summed E-state index contributed by atoms with van der Waals surface area (Å²) in [6.07, 6.45) is -1.27. The number of aryl methyl sites for hydroxylation is 3. The van der Waals surface area contributed by atoms with Crippen LogP contribution in [-0.4, -0.2) is 24.3 Å². The maximum absolute atomic E-state index is 11.9. The lowest BCUT2D eigenvalue weighted by Crippen LogP contribution is -2.27. The molecule has 3 N–H and O–H groups in total. The molecule has 2 aromatic carbocycles. The van der Waals surface area contributed by atoms with E-state index in [1.54, 1.807) is 0 Å². The molecule has 0 fully saturated rings. The van der Waals surface area contributed by atoms with E-state index in [-0.39, 0.29) is 0 Å². The number of hydrogen-bond donors (Lipinski definition) is 2. The number of hydrogen-bond acceptors (Lipinski definition) is 5. The summed E-state index contributed by atoms with van der Waals surface area (Å²) in [7, 11) is 1.27. The minimum atomic E-state index is -1.27. The van der Waals surface area contributed by atoms with Crippen LogP contribution in [0.3, 0.4) is 0 Å². The van der Waals surface area contributed by atoms with E-state index in [0.29, 0.717) is 5.69 Å². The first-order chi connectivity index (χ1) is 11.3. The Bertz CT molecular complexity index is 728. The molecule has 0 aliphatic carbocycles. The highest BCUT2D eigenvalue weighted by atomic mass is 32.2. The van der Waals surface area contributed by atoms with Gasteiger partial charge in [0.2, 0.25) is 0 Å². The third-order valence-electron chi connectivity index (χ3n) is 4.02. The van der Waals surface area contributed by atoms with Gasteiger partial charge in [-0.1, -0.05) is 29.8 Å². The lowest BCUT2D eigenvalue weighted by molar-refractivity contribution is -0.150. The monoisotopic (exact) mass is 345 g/mol. The van der Waals surface area contributed by atoms with Gasteiger partial charge in [0.25, 0.3) is 0 Å². The second kappa shape index (κ2) is 7.73. The van der Waals surface area contributed by atoms with E-state index in [1.165, 1.54) is 18.9 Å². The topological polar surface area (TPSA) is 72.5 Å². The standard InChI is InChI=1S/C19H23NO3S/c1-11-5-7-14(8-6-11)18(17(21)19(22)23-4)24-16-10-13(3)12(2)9-15(16)20/h5-10,17-18,21H,20H2,1-4H3/t17-,18+/m0/s1. The summed E-state index contributed by atoms with van der Waals surface area (Å²) in [5.41, 5.74) is 10.9. The van der Waals surface area contributed by atoms with Gasteiger partial charge >= 0.3 is 5.97 Å². The number of anilines is 1. The van der Waals surface area contributed by atoms with Crippen LogP contribution in [-0.2, 0) is 9.53 Å². The highest BCUT2D eigenvalue weighted by molar-refractivity contribution is 7.99. The zero-order valence-corrected chi connectivity index (χ0v) is 15.2. The number of rotatable bonds is 5. The number of ether oxygens (including phenoxy) is 1. The van der Waals surface area contributed by atoms with E-state index >= 15 is 0 Å². The summed E-state index contributed by atoms with van der Waals surface area (Å²) in [5, 5.41) is 9.94. The van der Waals surface area contributed by atoms with Gasteiger partial charge in [-0.15, -0.1) is 11.8 Å². The van der Waals surface area contributed by atoms with Gasteiger partial charge in [0, 0.05) is 10.6 Å². The van der Waals surface area contributed by atoms with Gasteiger partial charge in [-0.3, -0.25) is 0 Å². The molecule has 2 aromatic rings. The average Bonchev–Trinajstić information content (AvgIpc) is 2.56. The second-order valence-corrected chi connectivity index (χ2v) is 7.07. The van der Waals surface area contributed by atoms with E-state index in [9.17, 15) is 9.90 Å². The summed E-state index contributed by atoms with van der Waals surface area (Å²) in [4.78, 5) is 12.7.